The van der Waals surface area contributed by atoms with E-state index in [4.69, 9.17) is 14.0 Å². The maximum atomic E-state index is 6.09. The number of hydrogen-bond acceptors (Lipinski definition) is 7. The summed E-state index contributed by atoms with van der Waals surface area (Å²) >= 11 is 0. The van der Waals surface area contributed by atoms with E-state index in [1.54, 1.807) is 4.52 Å². The van der Waals surface area contributed by atoms with E-state index in [0.29, 0.717) is 35.6 Å². The van der Waals surface area contributed by atoms with Crippen molar-refractivity contribution in [2.24, 2.45) is 0 Å². The first-order chi connectivity index (χ1) is 12.6. The highest BCUT2D eigenvalue weighted by Crippen LogP contribution is 2.38. The van der Waals surface area contributed by atoms with Crippen LogP contribution in [0.25, 0.3) is 17.1 Å². The monoisotopic (exact) mass is 349 g/mol. The molecule has 0 saturated carbocycles. The number of ether oxygens (including phenoxy) is 2. The predicted octanol–water partition coefficient (Wildman–Crippen LogP) is 2.77. The van der Waals surface area contributed by atoms with E-state index in [-0.39, 0.29) is 0 Å². The molecule has 0 amide bonds. The van der Waals surface area contributed by atoms with E-state index in [1.165, 1.54) is 0 Å². The average Bonchev–Trinajstić information content (AvgIpc) is 3.27. The molecule has 0 N–H and O–H groups in total. The molecule has 1 aromatic carbocycles. The van der Waals surface area contributed by atoms with Crippen molar-refractivity contribution in [3.8, 4) is 23.0 Å². The summed E-state index contributed by atoms with van der Waals surface area (Å²) in [4.78, 5) is 8.83. The summed E-state index contributed by atoms with van der Waals surface area (Å²) in [6.07, 6.45) is 1.81. The van der Waals surface area contributed by atoms with Gasteiger partial charge in [0.05, 0.1) is 5.56 Å². The summed E-state index contributed by atoms with van der Waals surface area (Å²) < 4.78 is 19.0. The van der Waals surface area contributed by atoms with Gasteiger partial charge in [0.1, 0.15) is 12.4 Å². The minimum atomic E-state index is -0.829. The van der Waals surface area contributed by atoms with Crippen molar-refractivity contribution in [2.75, 3.05) is 6.61 Å². The van der Waals surface area contributed by atoms with Crippen LogP contribution in [0.15, 0.2) is 47.1 Å². The molecule has 5 rings (SSSR count). The fourth-order valence-electron chi connectivity index (χ4n) is 2.93. The van der Waals surface area contributed by atoms with Crippen molar-refractivity contribution < 1.29 is 14.0 Å². The molecular formula is C18H15N5O3. The lowest BCUT2D eigenvalue weighted by atomic mass is 10.1. The highest BCUT2D eigenvalue weighted by atomic mass is 16.6. The van der Waals surface area contributed by atoms with Crippen molar-refractivity contribution >= 4 is 5.65 Å². The summed E-state index contributed by atoms with van der Waals surface area (Å²) in [6, 6.07) is 11.2. The second-order valence-corrected chi connectivity index (χ2v) is 6.37. The van der Waals surface area contributed by atoms with Crippen molar-refractivity contribution in [2.45, 2.75) is 19.4 Å². The van der Waals surface area contributed by atoms with E-state index in [9.17, 15) is 0 Å². The van der Waals surface area contributed by atoms with Crippen molar-refractivity contribution in [1.82, 2.24) is 24.7 Å². The van der Waals surface area contributed by atoms with Gasteiger partial charge in [0.15, 0.2) is 17.1 Å². The Kier molecular flexibility index (Phi) is 3.03. The summed E-state index contributed by atoms with van der Waals surface area (Å²) in [5.41, 5.74) is 0.685. The quantitative estimate of drug-likeness (QED) is 0.550. The number of fused-ring (bicyclic) bond motifs is 2. The molecule has 130 valence electrons. The number of para-hydroxylation sites is 2. The summed E-state index contributed by atoms with van der Waals surface area (Å²) in [7, 11) is 0. The van der Waals surface area contributed by atoms with Gasteiger partial charge in [0, 0.05) is 6.20 Å². The average molecular weight is 349 g/mol. The predicted molar refractivity (Wildman–Crippen MR) is 90.9 cm³/mol. The van der Waals surface area contributed by atoms with Crippen LogP contribution in [0.3, 0.4) is 0 Å². The van der Waals surface area contributed by atoms with Gasteiger partial charge in [-0.15, -0.1) is 0 Å². The first kappa shape index (κ1) is 14.9. The molecule has 0 bridgehead atoms. The minimum absolute atomic E-state index is 0.296. The van der Waals surface area contributed by atoms with Crippen LogP contribution >= 0.6 is 0 Å². The Bertz CT molecular complexity index is 1120. The van der Waals surface area contributed by atoms with Crippen molar-refractivity contribution in [1.29, 1.82) is 0 Å². The van der Waals surface area contributed by atoms with Gasteiger partial charge in [-0.3, -0.25) is 0 Å². The zero-order valence-corrected chi connectivity index (χ0v) is 14.2. The zero-order valence-electron chi connectivity index (χ0n) is 14.2. The maximum absolute atomic E-state index is 6.09. The Labute approximate surface area is 148 Å². The molecule has 0 spiro atoms. The zero-order chi connectivity index (χ0) is 17.7. The van der Waals surface area contributed by atoms with Gasteiger partial charge in [0.25, 0.3) is 5.89 Å². The molecule has 4 heterocycles. The minimum Gasteiger partial charge on any atom is -0.485 e. The second-order valence-electron chi connectivity index (χ2n) is 6.37. The Hall–Kier alpha value is -3.42. The van der Waals surface area contributed by atoms with Crippen LogP contribution in [-0.4, -0.2) is 31.3 Å². The fourth-order valence-corrected chi connectivity index (χ4v) is 2.93. The Morgan fingerprint density at radius 3 is 2.81 bits per heavy atom. The Morgan fingerprint density at radius 1 is 1.08 bits per heavy atom. The molecular weight excluding hydrogens is 334 g/mol. The molecule has 26 heavy (non-hydrogen) atoms. The highest BCUT2D eigenvalue weighted by molar-refractivity contribution is 5.55. The molecule has 1 aliphatic rings. The molecule has 0 aliphatic carbocycles. The fraction of sp³-hybridized carbons (Fsp3) is 0.222. The summed E-state index contributed by atoms with van der Waals surface area (Å²) in [6.45, 7) is 4.02. The molecule has 4 aromatic rings. The van der Waals surface area contributed by atoms with Crippen molar-refractivity contribution in [3.05, 3.63) is 54.2 Å². The molecule has 0 radical (unpaired) electrons. The number of aromatic nitrogens is 5. The maximum Gasteiger partial charge on any atom is 0.259 e. The number of hydrogen-bond donors (Lipinski definition) is 0. The van der Waals surface area contributed by atoms with E-state index >= 15 is 0 Å². The largest absolute Gasteiger partial charge is 0.485 e. The van der Waals surface area contributed by atoms with Gasteiger partial charge >= 0.3 is 0 Å². The van der Waals surface area contributed by atoms with Crippen LogP contribution < -0.4 is 9.47 Å². The Morgan fingerprint density at radius 2 is 1.92 bits per heavy atom. The molecule has 0 fully saturated rings. The lowest BCUT2D eigenvalue weighted by Gasteiger charge is -2.32. The van der Waals surface area contributed by atoms with Gasteiger partial charge in [-0.1, -0.05) is 17.3 Å². The van der Waals surface area contributed by atoms with Gasteiger partial charge in [0.2, 0.25) is 11.4 Å². The van der Waals surface area contributed by atoms with Gasteiger partial charge in [-0.05, 0) is 38.1 Å². The van der Waals surface area contributed by atoms with Crippen LogP contribution in [0.4, 0.5) is 0 Å². The third-order valence-corrected chi connectivity index (χ3v) is 4.27. The molecule has 1 unspecified atom stereocenters. The molecule has 8 heteroatoms. The first-order valence-electron chi connectivity index (χ1n) is 8.19. The van der Waals surface area contributed by atoms with E-state index in [2.05, 4.69) is 20.2 Å². The molecule has 1 aliphatic heterocycles. The lowest BCUT2D eigenvalue weighted by Crippen LogP contribution is -2.40. The molecule has 3 aromatic heterocycles. The second kappa shape index (κ2) is 5.29. The van der Waals surface area contributed by atoms with Crippen LogP contribution in [-0.2, 0) is 5.60 Å². The number of aryl methyl sites for hydroxylation is 1. The molecule has 8 nitrogen and oxygen atoms in total. The number of pyridine rings is 1. The van der Waals surface area contributed by atoms with Crippen LogP contribution in [0.1, 0.15) is 18.6 Å². The smallest absolute Gasteiger partial charge is 0.259 e. The third-order valence-electron chi connectivity index (χ3n) is 4.27. The number of benzene rings is 1. The standard InChI is InChI=1S/C18H15N5O3/c1-11-19-15-8-7-12(9-23(15)21-11)16-20-17(22-26-16)18(2)10-24-13-5-3-4-6-14(13)25-18/h3-9H,10H2,1-2H3. The van der Waals surface area contributed by atoms with E-state index < -0.39 is 5.60 Å². The van der Waals surface area contributed by atoms with E-state index in [0.717, 1.165) is 11.2 Å². The lowest BCUT2D eigenvalue weighted by molar-refractivity contribution is -0.00588. The summed E-state index contributed by atoms with van der Waals surface area (Å²) in [5, 5.41) is 8.42. The normalized spacial score (nSPS) is 19.0. The molecule has 1 atom stereocenters. The molecule has 0 saturated heterocycles. The van der Waals surface area contributed by atoms with Gasteiger partial charge < -0.3 is 14.0 Å². The summed E-state index contributed by atoms with van der Waals surface area (Å²) in [5.74, 6) is 2.88. The van der Waals surface area contributed by atoms with Crippen molar-refractivity contribution in [3.63, 3.8) is 0 Å². The first-order valence-corrected chi connectivity index (χ1v) is 8.19. The van der Waals surface area contributed by atoms with Crippen LogP contribution in [0.2, 0.25) is 0 Å². The van der Waals surface area contributed by atoms with Crippen LogP contribution in [0.5, 0.6) is 11.5 Å². The Balaban J connectivity index is 1.49. The number of rotatable bonds is 2. The van der Waals surface area contributed by atoms with Gasteiger partial charge in [-0.2, -0.15) is 10.1 Å². The van der Waals surface area contributed by atoms with Crippen LogP contribution in [0, 0.1) is 6.92 Å². The highest BCUT2D eigenvalue weighted by Gasteiger charge is 2.39. The SMILES string of the molecule is Cc1nc2ccc(-c3nc(C4(C)COc5ccccc5O4)no3)cn2n1. The third kappa shape index (κ3) is 2.30. The topological polar surface area (TPSA) is 87.6 Å². The van der Waals surface area contributed by atoms with Gasteiger partial charge in [-0.25, -0.2) is 9.50 Å². The number of nitrogens with zero attached hydrogens (tertiary/aromatic N) is 5. The van der Waals surface area contributed by atoms with E-state index in [1.807, 2.05) is 56.4 Å².